The Bertz CT molecular complexity index is 1140. The molecule has 0 N–H and O–H groups in total. The average Bonchev–Trinajstić information content (AvgIpc) is 3.41. The van der Waals surface area contributed by atoms with Crippen LogP contribution in [0.25, 0.3) is 16.8 Å². The first-order valence-corrected chi connectivity index (χ1v) is 13.2. The standard InChI is InChI=1S/C24H28Cl2N4O.CH4S/c1-4-17-12-20-23(29-10-8-24(9-11-29)13-15(2)31-14-24)27-16(3)22(30(20)28-17)18-6-5-7-19(25)21(18)26;1-2/h5-7,12,15H,4,8-11,13-14H2,1-3H3;2H,1H3/t15-;/m0./s1. The van der Waals surface area contributed by atoms with Crippen molar-refractivity contribution in [2.45, 2.75) is 52.6 Å². The molecule has 1 atom stereocenters. The Labute approximate surface area is 211 Å². The molecule has 2 aromatic heterocycles. The molecule has 2 aliphatic heterocycles. The summed E-state index contributed by atoms with van der Waals surface area (Å²) in [5.74, 6) is 1.01. The predicted molar refractivity (Wildman–Crippen MR) is 141 cm³/mol. The molecule has 0 saturated carbocycles. The fourth-order valence-corrected chi connectivity index (χ4v) is 5.56. The number of piperidine rings is 1. The number of hydrogen-bond donors (Lipinski definition) is 1. The van der Waals surface area contributed by atoms with Gasteiger partial charge in [-0.3, -0.25) is 0 Å². The number of benzene rings is 1. The highest BCUT2D eigenvalue weighted by atomic mass is 35.5. The van der Waals surface area contributed by atoms with Gasteiger partial charge < -0.3 is 9.64 Å². The van der Waals surface area contributed by atoms with E-state index in [1.807, 2.05) is 23.6 Å². The molecule has 1 aromatic carbocycles. The first-order valence-electron chi connectivity index (χ1n) is 11.6. The van der Waals surface area contributed by atoms with Crippen LogP contribution in [-0.4, -0.2) is 46.7 Å². The van der Waals surface area contributed by atoms with Crippen molar-refractivity contribution in [1.82, 2.24) is 14.6 Å². The van der Waals surface area contributed by atoms with Crippen LogP contribution in [0.4, 0.5) is 5.82 Å². The second kappa shape index (κ2) is 10.0. The van der Waals surface area contributed by atoms with E-state index in [1.165, 1.54) is 6.42 Å². The molecule has 4 heterocycles. The lowest BCUT2D eigenvalue weighted by molar-refractivity contribution is 0.0976. The largest absolute Gasteiger partial charge is 0.378 e. The van der Waals surface area contributed by atoms with E-state index >= 15 is 0 Å². The van der Waals surface area contributed by atoms with Crippen LogP contribution >= 0.6 is 35.8 Å². The third-order valence-corrected chi connectivity index (χ3v) is 7.72. The number of halogens is 2. The first-order chi connectivity index (χ1) is 15.9. The normalized spacial score (nSPS) is 19.7. The predicted octanol–water partition coefficient (Wildman–Crippen LogP) is 6.52. The van der Waals surface area contributed by atoms with Crippen LogP contribution < -0.4 is 4.90 Å². The van der Waals surface area contributed by atoms with E-state index < -0.39 is 0 Å². The fourth-order valence-electron chi connectivity index (χ4n) is 5.17. The number of thiol groups is 1. The second-order valence-corrected chi connectivity index (χ2v) is 9.86. The van der Waals surface area contributed by atoms with Gasteiger partial charge in [0, 0.05) is 18.7 Å². The molecule has 5 nitrogen and oxygen atoms in total. The molecule has 8 heteroatoms. The summed E-state index contributed by atoms with van der Waals surface area (Å²) >= 11 is 16.4. The molecule has 0 aliphatic carbocycles. The molecule has 1 spiro atoms. The SMILES string of the molecule is CCc1cc2c(N3CCC4(CC3)CO[C@@H](C)C4)nc(C)c(-c3cccc(Cl)c3Cl)n2n1.CS. The first kappa shape index (κ1) is 24.6. The monoisotopic (exact) mass is 506 g/mol. The van der Waals surface area contributed by atoms with Crippen LogP contribution in [0.5, 0.6) is 0 Å². The van der Waals surface area contributed by atoms with E-state index in [1.54, 1.807) is 12.3 Å². The molecule has 2 fully saturated rings. The maximum absolute atomic E-state index is 6.59. The van der Waals surface area contributed by atoms with E-state index in [-0.39, 0.29) is 0 Å². The molecule has 0 radical (unpaired) electrons. The third kappa shape index (κ3) is 4.60. The van der Waals surface area contributed by atoms with Crippen molar-refractivity contribution in [3.05, 3.63) is 45.7 Å². The Kier molecular flexibility index (Phi) is 7.49. The van der Waals surface area contributed by atoms with Crippen LogP contribution in [0.3, 0.4) is 0 Å². The summed E-state index contributed by atoms with van der Waals surface area (Å²) in [6.45, 7) is 9.21. The molecule has 5 rings (SSSR count). The number of ether oxygens (including phenoxy) is 1. The van der Waals surface area contributed by atoms with Gasteiger partial charge in [-0.05, 0) is 63.3 Å². The summed E-state index contributed by atoms with van der Waals surface area (Å²) in [6, 6.07) is 7.87. The van der Waals surface area contributed by atoms with Crippen LogP contribution in [0.1, 0.15) is 44.5 Å². The summed E-state index contributed by atoms with van der Waals surface area (Å²) in [5.41, 5.74) is 5.06. The van der Waals surface area contributed by atoms with Gasteiger partial charge in [-0.2, -0.15) is 17.7 Å². The van der Waals surface area contributed by atoms with Gasteiger partial charge in [0.2, 0.25) is 0 Å². The minimum absolute atomic E-state index is 0.338. The average molecular weight is 508 g/mol. The van der Waals surface area contributed by atoms with Crippen molar-refractivity contribution >= 4 is 47.2 Å². The van der Waals surface area contributed by atoms with E-state index in [4.69, 9.17) is 38.0 Å². The van der Waals surface area contributed by atoms with Gasteiger partial charge in [0.25, 0.3) is 0 Å². The maximum Gasteiger partial charge on any atom is 0.155 e. The van der Waals surface area contributed by atoms with Crippen molar-refractivity contribution in [1.29, 1.82) is 0 Å². The van der Waals surface area contributed by atoms with Crippen molar-refractivity contribution in [3.63, 3.8) is 0 Å². The number of fused-ring (bicyclic) bond motifs is 1. The smallest absolute Gasteiger partial charge is 0.155 e. The highest BCUT2D eigenvalue weighted by Gasteiger charge is 2.41. The van der Waals surface area contributed by atoms with Crippen molar-refractivity contribution in [3.8, 4) is 11.3 Å². The quantitative estimate of drug-likeness (QED) is 0.410. The molecule has 3 aromatic rings. The van der Waals surface area contributed by atoms with E-state index in [9.17, 15) is 0 Å². The Balaban J connectivity index is 0.00000126. The highest BCUT2D eigenvalue weighted by Crippen LogP contribution is 2.43. The summed E-state index contributed by atoms with van der Waals surface area (Å²) in [7, 11) is 0. The number of aryl methyl sites for hydroxylation is 2. The molecule has 33 heavy (non-hydrogen) atoms. The van der Waals surface area contributed by atoms with Gasteiger partial charge in [-0.25, -0.2) is 9.50 Å². The Morgan fingerprint density at radius 1 is 1.21 bits per heavy atom. The van der Waals surface area contributed by atoms with Gasteiger partial charge in [-0.1, -0.05) is 42.3 Å². The number of aromatic nitrogens is 3. The zero-order chi connectivity index (χ0) is 23.8. The topological polar surface area (TPSA) is 42.7 Å². The lowest BCUT2D eigenvalue weighted by Crippen LogP contribution is -2.41. The van der Waals surface area contributed by atoms with Crippen molar-refractivity contribution < 1.29 is 4.74 Å². The number of rotatable bonds is 3. The van der Waals surface area contributed by atoms with Crippen LogP contribution in [0.15, 0.2) is 24.3 Å². The number of anilines is 1. The number of nitrogens with zero attached hydrogens (tertiary/aromatic N) is 4. The lowest BCUT2D eigenvalue weighted by atomic mass is 9.77. The van der Waals surface area contributed by atoms with Gasteiger partial charge in [-0.15, -0.1) is 0 Å². The zero-order valence-corrected chi connectivity index (χ0v) is 22.1. The minimum atomic E-state index is 0.338. The lowest BCUT2D eigenvalue weighted by Gasteiger charge is -2.39. The Morgan fingerprint density at radius 2 is 1.94 bits per heavy atom. The Hall–Kier alpha value is -1.47. The van der Waals surface area contributed by atoms with Crippen LogP contribution in [-0.2, 0) is 11.2 Å². The minimum Gasteiger partial charge on any atom is -0.378 e. The molecule has 0 unspecified atom stereocenters. The van der Waals surface area contributed by atoms with Gasteiger partial charge in [0.05, 0.1) is 39.8 Å². The Morgan fingerprint density at radius 3 is 2.58 bits per heavy atom. The number of hydrogen-bond acceptors (Lipinski definition) is 5. The fraction of sp³-hybridized carbons (Fsp3) is 0.520. The van der Waals surface area contributed by atoms with E-state index in [0.29, 0.717) is 21.6 Å². The van der Waals surface area contributed by atoms with E-state index in [2.05, 4.69) is 37.4 Å². The van der Waals surface area contributed by atoms with Crippen molar-refractivity contribution in [2.24, 2.45) is 5.41 Å². The molecule has 178 valence electrons. The van der Waals surface area contributed by atoms with Crippen molar-refractivity contribution in [2.75, 3.05) is 30.9 Å². The van der Waals surface area contributed by atoms with Gasteiger partial charge in [0.15, 0.2) is 5.82 Å². The zero-order valence-electron chi connectivity index (χ0n) is 19.7. The molecule has 2 saturated heterocycles. The van der Waals surface area contributed by atoms with Crippen LogP contribution in [0.2, 0.25) is 10.0 Å². The molecule has 0 bridgehead atoms. The summed E-state index contributed by atoms with van der Waals surface area (Å²) in [6.07, 6.45) is 6.38. The summed E-state index contributed by atoms with van der Waals surface area (Å²) in [4.78, 5) is 7.50. The molecule has 0 amide bonds. The third-order valence-electron chi connectivity index (χ3n) is 6.90. The maximum atomic E-state index is 6.59. The highest BCUT2D eigenvalue weighted by molar-refractivity contribution is 7.79. The summed E-state index contributed by atoms with van der Waals surface area (Å²) in [5, 5.41) is 5.97. The van der Waals surface area contributed by atoms with E-state index in [0.717, 1.165) is 72.9 Å². The summed E-state index contributed by atoms with van der Waals surface area (Å²) < 4.78 is 7.92. The van der Waals surface area contributed by atoms with Gasteiger partial charge in [0.1, 0.15) is 5.52 Å². The van der Waals surface area contributed by atoms with Crippen LogP contribution in [0, 0.1) is 12.3 Å². The molecular weight excluding hydrogens is 475 g/mol. The molecular formula is C25H32Cl2N4OS. The molecule has 2 aliphatic rings. The second-order valence-electron chi connectivity index (χ2n) is 9.07. The van der Waals surface area contributed by atoms with Gasteiger partial charge >= 0.3 is 0 Å².